The van der Waals surface area contributed by atoms with Crippen LogP contribution in [0.2, 0.25) is 0 Å². The summed E-state index contributed by atoms with van der Waals surface area (Å²) in [4.78, 5) is 4.65. The smallest absolute Gasteiger partial charge is 0.0991 e. The predicted octanol–water partition coefficient (Wildman–Crippen LogP) is 2.10. The van der Waals surface area contributed by atoms with Crippen LogP contribution in [0.1, 0.15) is 24.0 Å². The molecule has 0 bridgehead atoms. The molecule has 0 spiro atoms. The van der Waals surface area contributed by atoms with E-state index in [9.17, 15) is 0 Å². The number of likely N-dealkylation sites (N-methyl/N-ethyl adjacent to an activating group) is 1. The molecule has 2 rings (SSSR count). The van der Waals surface area contributed by atoms with Gasteiger partial charge in [-0.25, -0.2) is 0 Å². The molecule has 0 unspecified atom stereocenters. The Labute approximate surface area is 127 Å². The molecule has 4 nitrogen and oxygen atoms in total. The lowest BCUT2D eigenvalue weighted by Gasteiger charge is -2.42. The Kier molecular flexibility index (Phi) is 5.35. The summed E-state index contributed by atoms with van der Waals surface area (Å²) in [7, 11) is 6.02. The van der Waals surface area contributed by atoms with E-state index < -0.39 is 0 Å². The van der Waals surface area contributed by atoms with E-state index >= 15 is 0 Å². The predicted molar refractivity (Wildman–Crippen MR) is 84.0 cm³/mol. The molecule has 0 aromatic heterocycles. The zero-order valence-corrected chi connectivity index (χ0v) is 13.3. The number of piperidine rings is 1. The lowest BCUT2D eigenvalue weighted by Crippen LogP contribution is -2.50. The Hall–Kier alpha value is -1.41. The molecule has 0 N–H and O–H groups in total. The molecule has 4 heteroatoms. The van der Waals surface area contributed by atoms with Crippen LogP contribution in [0, 0.1) is 11.3 Å². The van der Waals surface area contributed by atoms with Gasteiger partial charge in [0.1, 0.15) is 0 Å². The highest BCUT2D eigenvalue weighted by molar-refractivity contribution is 5.32. The number of nitrogens with zero attached hydrogens (tertiary/aromatic N) is 3. The quantitative estimate of drug-likeness (QED) is 0.831. The Bertz CT molecular complexity index is 499. The van der Waals surface area contributed by atoms with E-state index in [0.29, 0.717) is 0 Å². The normalized spacial score (nSPS) is 18.6. The highest BCUT2D eigenvalue weighted by atomic mass is 16.5. The monoisotopic (exact) mass is 287 g/mol. The third-order valence-electron chi connectivity index (χ3n) is 4.27. The van der Waals surface area contributed by atoms with Gasteiger partial charge >= 0.3 is 0 Å². The molecule has 0 aliphatic carbocycles. The molecule has 0 atom stereocenters. The van der Waals surface area contributed by atoms with Crippen LogP contribution in [-0.4, -0.2) is 56.2 Å². The van der Waals surface area contributed by atoms with Crippen molar-refractivity contribution in [3.63, 3.8) is 0 Å². The van der Waals surface area contributed by atoms with Gasteiger partial charge in [0.15, 0.2) is 0 Å². The summed E-state index contributed by atoms with van der Waals surface area (Å²) in [5.74, 6) is 0. The summed E-state index contributed by atoms with van der Waals surface area (Å²) in [5.41, 5.74) is 1.95. The van der Waals surface area contributed by atoms with Gasteiger partial charge in [0, 0.05) is 33.3 Å². The van der Waals surface area contributed by atoms with Crippen molar-refractivity contribution in [1.82, 2.24) is 9.80 Å². The van der Waals surface area contributed by atoms with Crippen LogP contribution in [-0.2, 0) is 11.3 Å². The van der Waals surface area contributed by atoms with Gasteiger partial charge in [-0.15, -0.1) is 0 Å². The van der Waals surface area contributed by atoms with E-state index in [0.717, 1.165) is 44.6 Å². The minimum absolute atomic E-state index is 0.00545. The molecule has 1 aromatic rings. The van der Waals surface area contributed by atoms with Crippen LogP contribution < -0.4 is 0 Å². The van der Waals surface area contributed by atoms with E-state index in [-0.39, 0.29) is 5.60 Å². The van der Waals surface area contributed by atoms with Crippen LogP contribution in [0.15, 0.2) is 24.3 Å². The van der Waals surface area contributed by atoms with Gasteiger partial charge < -0.3 is 9.64 Å². The molecule has 1 saturated heterocycles. The lowest BCUT2D eigenvalue weighted by molar-refractivity contribution is -0.0712. The molecular weight excluding hydrogens is 262 g/mol. The van der Waals surface area contributed by atoms with Gasteiger partial charge in [-0.2, -0.15) is 5.26 Å². The second-order valence-electron chi connectivity index (χ2n) is 6.21. The van der Waals surface area contributed by atoms with Crippen LogP contribution in [0.5, 0.6) is 0 Å². The third kappa shape index (κ3) is 4.28. The van der Waals surface area contributed by atoms with Crippen molar-refractivity contribution in [1.29, 1.82) is 5.26 Å². The Morgan fingerprint density at radius 1 is 1.33 bits per heavy atom. The average Bonchev–Trinajstić information content (AvgIpc) is 2.49. The average molecular weight is 287 g/mol. The number of hydrogen-bond donors (Lipinski definition) is 0. The Balaban J connectivity index is 1.93. The molecule has 1 aliphatic heterocycles. The van der Waals surface area contributed by atoms with Crippen molar-refractivity contribution in [3.8, 4) is 6.07 Å². The van der Waals surface area contributed by atoms with E-state index in [4.69, 9.17) is 10.00 Å². The van der Waals surface area contributed by atoms with Crippen molar-refractivity contribution < 1.29 is 4.74 Å². The second-order valence-corrected chi connectivity index (χ2v) is 6.21. The molecule has 21 heavy (non-hydrogen) atoms. The fourth-order valence-electron chi connectivity index (χ4n) is 3.12. The number of rotatable bonds is 5. The SMILES string of the molecule is COC1(CN(C)C)CCN(Cc2cccc(C#N)c2)CC1. The third-order valence-corrected chi connectivity index (χ3v) is 4.27. The Morgan fingerprint density at radius 2 is 2.05 bits per heavy atom. The topological polar surface area (TPSA) is 39.5 Å². The zero-order valence-electron chi connectivity index (χ0n) is 13.3. The molecule has 1 aromatic carbocycles. The molecule has 0 amide bonds. The lowest BCUT2D eigenvalue weighted by atomic mass is 9.90. The number of ether oxygens (including phenoxy) is 1. The van der Waals surface area contributed by atoms with E-state index in [1.807, 2.05) is 25.3 Å². The minimum Gasteiger partial charge on any atom is -0.377 e. The highest BCUT2D eigenvalue weighted by Crippen LogP contribution is 2.27. The van der Waals surface area contributed by atoms with Crippen molar-refractivity contribution in [3.05, 3.63) is 35.4 Å². The largest absolute Gasteiger partial charge is 0.377 e. The molecule has 0 radical (unpaired) electrons. The van der Waals surface area contributed by atoms with E-state index in [1.165, 1.54) is 5.56 Å². The maximum Gasteiger partial charge on any atom is 0.0991 e. The number of methoxy groups -OCH3 is 1. The number of benzene rings is 1. The summed E-state index contributed by atoms with van der Waals surface area (Å²) in [6.45, 7) is 3.97. The van der Waals surface area contributed by atoms with E-state index in [2.05, 4.69) is 36.0 Å². The van der Waals surface area contributed by atoms with Crippen LogP contribution in [0.25, 0.3) is 0 Å². The molecular formula is C17H25N3O. The number of likely N-dealkylation sites (tertiary alicyclic amines) is 1. The first-order valence-corrected chi connectivity index (χ1v) is 7.48. The fourth-order valence-corrected chi connectivity index (χ4v) is 3.12. The van der Waals surface area contributed by atoms with Crippen molar-refractivity contribution in [2.75, 3.05) is 40.8 Å². The van der Waals surface area contributed by atoms with Crippen LogP contribution in [0.3, 0.4) is 0 Å². The van der Waals surface area contributed by atoms with Crippen molar-refractivity contribution >= 4 is 0 Å². The minimum atomic E-state index is -0.00545. The first kappa shape index (κ1) is 16.0. The maximum atomic E-state index is 8.97. The maximum absolute atomic E-state index is 8.97. The number of nitriles is 1. The van der Waals surface area contributed by atoms with Gasteiger partial charge in [0.2, 0.25) is 0 Å². The van der Waals surface area contributed by atoms with Crippen LogP contribution in [0.4, 0.5) is 0 Å². The molecule has 0 saturated carbocycles. The summed E-state index contributed by atoms with van der Waals surface area (Å²) in [5, 5.41) is 8.97. The molecule has 114 valence electrons. The molecule has 1 aliphatic rings. The summed E-state index contributed by atoms with van der Waals surface area (Å²) < 4.78 is 5.81. The van der Waals surface area contributed by atoms with Gasteiger partial charge in [-0.3, -0.25) is 4.90 Å². The molecule has 1 fully saturated rings. The van der Waals surface area contributed by atoms with Gasteiger partial charge in [0.25, 0.3) is 0 Å². The molecule has 1 heterocycles. The van der Waals surface area contributed by atoms with Crippen molar-refractivity contribution in [2.45, 2.75) is 25.0 Å². The zero-order chi connectivity index (χ0) is 15.3. The van der Waals surface area contributed by atoms with Gasteiger partial charge in [-0.05, 0) is 44.6 Å². The summed E-state index contributed by atoms with van der Waals surface area (Å²) >= 11 is 0. The summed E-state index contributed by atoms with van der Waals surface area (Å²) in [6, 6.07) is 10.1. The first-order valence-electron chi connectivity index (χ1n) is 7.48. The summed E-state index contributed by atoms with van der Waals surface area (Å²) in [6.07, 6.45) is 2.11. The number of hydrogen-bond acceptors (Lipinski definition) is 4. The van der Waals surface area contributed by atoms with Crippen LogP contribution >= 0.6 is 0 Å². The fraction of sp³-hybridized carbons (Fsp3) is 0.588. The standard InChI is InChI=1S/C17H25N3O/c1-19(2)14-17(21-3)7-9-20(10-8-17)13-16-6-4-5-15(11-16)12-18/h4-6,11H,7-10,13-14H2,1-3H3. The highest BCUT2D eigenvalue weighted by Gasteiger charge is 2.34. The van der Waals surface area contributed by atoms with Crippen molar-refractivity contribution in [2.24, 2.45) is 0 Å². The first-order chi connectivity index (χ1) is 10.1. The van der Waals surface area contributed by atoms with Gasteiger partial charge in [0.05, 0.1) is 17.2 Å². The second kappa shape index (κ2) is 7.04. The Morgan fingerprint density at radius 3 is 2.62 bits per heavy atom. The van der Waals surface area contributed by atoms with E-state index in [1.54, 1.807) is 0 Å². The van der Waals surface area contributed by atoms with Gasteiger partial charge in [-0.1, -0.05) is 12.1 Å².